The molecule has 0 radical (unpaired) electrons. The van der Waals surface area contributed by atoms with Gasteiger partial charge in [-0.05, 0) is 32.7 Å². The van der Waals surface area contributed by atoms with Crippen LogP contribution < -0.4 is 11.1 Å². The zero-order chi connectivity index (χ0) is 13.6. The molecular weight excluding hydrogens is 226 g/mol. The number of likely N-dealkylation sites (N-methyl/N-ethyl adjacent to an activating group) is 1. The van der Waals surface area contributed by atoms with E-state index in [4.69, 9.17) is 5.73 Å². The molecule has 1 amide bonds. The molecule has 1 aliphatic carbocycles. The van der Waals surface area contributed by atoms with E-state index in [0.29, 0.717) is 19.1 Å². The van der Waals surface area contributed by atoms with E-state index < -0.39 is 0 Å². The van der Waals surface area contributed by atoms with Crippen LogP contribution in [0.2, 0.25) is 0 Å². The highest BCUT2D eigenvalue weighted by atomic mass is 16.2. The smallest absolute Gasteiger partial charge is 0.234 e. The van der Waals surface area contributed by atoms with Crippen LogP contribution in [0.1, 0.15) is 52.9 Å². The minimum absolute atomic E-state index is 0.0677. The molecular formula is C14H29N3O. The number of hydrogen-bond acceptors (Lipinski definition) is 3. The molecule has 1 rings (SSSR count). The second kappa shape index (κ2) is 7.10. The van der Waals surface area contributed by atoms with E-state index in [1.807, 2.05) is 0 Å². The number of nitrogens with one attached hydrogen (secondary N) is 1. The molecule has 0 aliphatic heterocycles. The van der Waals surface area contributed by atoms with Crippen LogP contribution in [0.4, 0.5) is 0 Å². The summed E-state index contributed by atoms with van der Waals surface area (Å²) in [5.41, 5.74) is 5.79. The molecule has 18 heavy (non-hydrogen) atoms. The predicted octanol–water partition coefficient (Wildman–Crippen LogP) is 1.49. The summed E-state index contributed by atoms with van der Waals surface area (Å²) in [4.78, 5) is 14.2. The fourth-order valence-electron chi connectivity index (χ4n) is 2.70. The van der Waals surface area contributed by atoms with Gasteiger partial charge in [0.05, 0.1) is 6.54 Å². The maximum absolute atomic E-state index is 12.1. The van der Waals surface area contributed by atoms with Crippen LogP contribution in [0.5, 0.6) is 0 Å². The molecule has 0 heterocycles. The van der Waals surface area contributed by atoms with Crippen molar-refractivity contribution in [3.63, 3.8) is 0 Å². The molecule has 0 aromatic heterocycles. The van der Waals surface area contributed by atoms with Crippen molar-refractivity contribution in [2.75, 3.05) is 19.6 Å². The van der Waals surface area contributed by atoms with E-state index in [9.17, 15) is 4.79 Å². The van der Waals surface area contributed by atoms with Crippen LogP contribution in [-0.4, -0.2) is 42.0 Å². The van der Waals surface area contributed by atoms with Crippen molar-refractivity contribution in [3.05, 3.63) is 0 Å². The first-order chi connectivity index (χ1) is 8.55. The molecule has 0 aromatic rings. The standard InChI is InChI=1S/C14H29N3O/c1-4-14(3,11-15)17(5-2)10-13(18)16-12-8-6-7-9-12/h12H,4-11,15H2,1-3H3,(H,16,18). The minimum Gasteiger partial charge on any atom is -0.352 e. The highest BCUT2D eigenvalue weighted by molar-refractivity contribution is 5.78. The minimum atomic E-state index is -0.0677. The molecule has 3 N–H and O–H groups in total. The molecule has 1 unspecified atom stereocenters. The third-order valence-corrected chi connectivity index (χ3v) is 4.40. The van der Waals surface area contributed by atoms with Crippen LogP contribution in [0.25, 0.3) is 0 Å². The lowest BCUT2D eigenvalue weighted by Gasteiger charge is -2.39. The van der Waals surface area contributed by atoms with Crippen molar-refractivity contribution in [3.8, 4) is 0 Å². The Kier molecular flexibility index (Phi) is 6.09. The molecule has 0 spiro atoms. The average molecular weight is 255 g/mol. The van der Waals surface area contributed by atoms with Crippen LogP contribution in [-0.2, 0) is 4.79 Å². The zero-order valence-corrected chi connectivity index (χ0v) is 12.2. The first-order valence-electron chi connectivity index (χ1n) is 7.30. The Morgan fingerprint density at radius 1 is 1.39 bits per heavy atom. The summed E-state index contributed by atoms with van der Waals surface area (Å²) >= 11 is 0. The summed E-state index contributed by atoms with van der Waals surface area (Å²) in [6, 6.07) is 0.405. The van der Waals surface area contributed by atoms with Gasteiger partial charge in [0.1, 0.15) is 0 Å². The summed E-state index contributed by atoms with van der Waals surface area (Å²) in [7, 11) is 0. The number of nitrogens with zero attached hydrogens (tertiary/aromatic N) is 1. The van der Waals surface area contributed by atoms with Crippen molar-refractivity contribution in [1.29, 1.82) is 0 Å². The second-order valence-corrected chi connectivity index (χ2v) is 5.62. The molecule has 1 saturated carbocycles. The Morgan fingerprint density at radius 2 is 2.00 bits per heavy atom. The zero-order valence-electron chi connectivity index (χ0n) is 12.2. The van der Waals surface area contributed by atoms with Crippen molar-refractivity contribution in [2.45, 2.75) is 64.5 Å². The molecule has 4 heteroatoms. The second-order valence-electron chi connectivity index (χ2n) is 5.62. The van der Waals surface area contributed by atoms with Crippen molar-refractivity contribution < 1.29 is 4.79 Å². The van der Waals surface area contributed by atoms with Gasteiger partial charge in [0.25, 0.3) is 0 Å². The Bertz CT molecular complexity index is 258. The van der Waals surface area contributed by atoms with Gasteiger partial charge in [0.15, 0.2) is 0 Å². The van der Waals surface area contributed by atoms with Gasteiger partial charge in [-0.2, -0.15) is 0 Å². The highest BCUT2D eigenvalue weighted by Gasteiger charge is 2.29. The van der Waals surface area contributed by atoms with Crippen molar-refractivity contribution in [2.24, 2.45) is 5.73 Å². The lowest BCUT2D eigenvalue weighted by Crippen LogP contribution is -2.54. The Balaban J connectivity index is 2.48. The third kappa shape index (κ3) is 3.95. The average Bonchev–Trinajstić information content (AvgIpc) is 2.87. The lowest BCUT2D eigenvalue weighted by atomic mass is 9.96. The third-order valence-electron chi connectivity index (χ3n) is 4.40. The van der Waals surface area contributed by atoms with Gasteiger partial charge in [-0.15, -0.1) is 0 Å². The summed E-state index contributed by atoms with van der Waals surface area (Å²) < 4.78 is 0. The molecule has 106 valence electrons. The lowest BCUT2D eigenvalue weighted by molar-refractivity contribution is -0.124. The fourth-order valence-corrected chi connectivity index (χ4v) is 2.70. The molecule has 0 aromatic carbocycles. The van der Waals surface area contributed by atoms with Gasteiger partial charge in [-0.3, -0.25) is 9.69 Å². The number of nitrogens with two attached hydrogens (primary N) is 1. The van der Waals surface area contributed by atoms with Crippen LogP contribution in [0, 0.1) is 0 Å². The van der Waals surface area contributed by atoms with E-state index >= 15 is 0 Å². The first-order valence-corrected chi connectivity index (χ1v) is 7.30. The predicted molar refractivity (Wildman–Crippen MR) is 75.4 cm³/mol. The van der Waals surface area contributed by atoms with Gasteiger partial charge in [0.2, 0.25) is 5.91 Å². The summed E-state index contributed by atoms with van der Waals surface area (Å²) in [6.45, 7) is 8.28. The molecule has 1 aliphatic rings. The van der Waals surface area contributed by atoms with Gasteiger partial charge in [0, 0.05) is 18.1 Å². The van der Waals surface area contributed by atoms with E-state index in [2.05, 4.69) is 31.0 Å². The quantitative estimate of drug-likeness (QED) is 0.725. The first kappa shape index (κ1) is 15.4. The fraction of sp³-hybridized carbons (Fsp3) is 0.929. The molecule has 1 atom stereocenters. The molecule has 4 nitrogen and oxygen atoms in total. The molecule has 0 saturated heterocycles. The summed E-state index contributed by atoms with van der Waals surface area (Å²) in [5.74, 6) is 0.150. The van der Waals surface area contributed by atoms with Crippen molar-refractivity contribution >= 4 is 5.91 Å². The number of carbonyl (C=O) groups excluding carboxylic acids is 1. The van der Waals surface area contributed by atoms with Gasteiger partial charge >= 0.3 is 0 Å². The van der Waals surface area contributed by atoms with E-state index in [0.717, 1.165) is 25.8 Å². The highest BCUT2D eigenvalue weighted by Crippen LogP contribution is 2.19. The molecule has 1 fully saturated rings. The number of amides is 1. The number of hydrogen-bond donors (Lipinski definition) is 2. The van der Waals surface area contributed by atoms with E-state index in [-0.39, 0.29) is 11.4 Å². The van der Waals surface area contributed by atoms with Gasteiger partial charge in [-0.1, -0.05) is 26.7 Å². The maximum Gasteiger partial charge on any atom is 0.234 e. The number of carbonyl (C=O) groups is 1. The van der Waals surface area contributed by atoms with E-state index in [1.165, 1.54) is 12.8 Å². The SMILES string of the molecule is CCN(CC(=O)NC1CCCC1)C(C)(CC)CN. The van der Waals surface area contributed by atoms with Gasteiger partial charge < -0.3 is 11.1 Å². The largest absolute Gasteiger partial charge is 0.352 e. The Labute approximate surface area is 111 Å². The van der Waals surface area contributed by atoms with Crippen LogP contribution in [0.3, 0.4) is 0 Å². The van der Waals surface area contributed by atoms with Crippen LogP contribution in [0.15, 0.2) is 0 Å². The molecule has 0 bridgehead atoms. The van der Waals surface area contributed by atoms with Crippen molar-refractivity contribution in [1.82, 2.24) is 10.2 Å². The van der Waals surface area contributed by atoms with Crippen LogP contribution >= 0.6 is 0 Å². The number of rotatable bonds is 7. The topological polar surface area (TPSA) is 58.4 Å². The maximum atomic E-state index is 12.1. The monoisotopic (exact) mass is 255 g/mol. The summed E-state index contributed by atoms with van der Waals surface area (Å²) in [5, 5.41) is 3.14. The Hall–Kier alpha value is -0.610. The Morgan fingerprint density at radius 3 is 2.44 bits per heavy atom. The van der Waals surface area contributed by atoms with Gasteiger partial charge in [-0.25, -0.2) is 0 Å². The van der Waals surface area contributed by atoms with E-state index in [1.54, 1.807) is 0 Å². The normalized spacial score (nSPS) is 20.1. The summed E-state index contributed by atoms with van der Waals surface area (Å²) in [6.07, 6.45) is 5.74.